The van der Waals surface area contributed by atoms with Crippen LogP contribution in [-0.2, 0) is 33.3 Å². The first-order valence-corrected chi connectivity index (χ1v) is 7.93. The van der Waals surface area contributed by atoms with Gasteiger partial charge in [-0.1, -0.05) is 6.92 Å². The molecular formula is C16H30O7. The Kier molecular flexibility index (Phi) is 12.6. The molecule has 0 aromatic carbocycles. The first-order valence-electron chi connectivity index (χ1n) is 7.93. The van der Waals surface area contributed by atoms with Crippen LogP contribution in [0.5, 0.6) is 0 Å². The van der Waals surface area contributed by atoms with E-state index in [2.05, 4.69) is 0 Å². The maximum Gasteiger partial charge on any atom is 0.308 e. The molecule has 0 aromatic heterocycles. The zero-order valence-corrected chi connectivity index (χ0v) is 14.7. The molecule has 0 rings (SSSR count). The van der Waals surface area contributed by atoms with Crippen LogP contribution in [0.15, 0.2) is 0 Å². The van der Waals surface area contributed by atoms with Crippen molar-refractivity contribution in [2.24, 2.45) is 5.41 Å². The Morgan fingerprint density at radius 2 is 1.26 bits per heavy atom. The third-order valence-corrected chi connectivity index (χ3v) is 2.91. The summed E-state index contributed by atoms with van der Waals surface area (Å²) in [4.78, 5) is 22.5. The Hall–Kier alpha value is -1.18. The number of carbonyl (C=O) groups excluding carboxylic acids is 2. The fraction of sp³-hybridized carbons (Fsp3) is 0.875. The molecule has 0 saturated carbocycles. The SMILES string of the molecule is CCOC(=O)CCOCC(C)(COC)COCCC(=O)OCC. The fourth-order valence-electron chi connectivity index (χ4n) is 1.89. The van der Waals surface area contributed by atoms with Crippen molar-refractivity contribution in [3.8, 4) is 0 Å². The summed E-state index contributed by atoms with van der Waals surface area (Å²) < 4.78 is 25.9. The summed E-state index contributed by atoms with van der Waals surface area (Å²) in [5, 5.41) is 0. The molecule has 7 nitrogen and oxygen atoms in total. The second-order valence-corrected chi connectivity index (χ2v) is 5.46. The zero-order valence-electron chi connectivity index (χ0n) is 14.7. The first-order chi connectivity index (χ1) is 11.0. The van der Waals surface area contributed by atoms with Gasteiger partial charge in [0.25, 0.3) is 0 Å². The predicted octanol–water partition coefficient (Wildman–Crippen LogP) is 1.58. The van der Waals surface area contributed by atoms with E-state index in [0.717, 1.165) is 0 Å². The van der Waals surface area contributed by atoms with E-state index < -0.39 is 0 Å². The molecule has 7 heteroatoms. The van der Waals surface area contributed by atoms with Gasteiger partial charge in [-0.2, -0.15) is 0 Å². The molecule has 0 aliphatic heterocycles. The predicted molar refractivity (Wildman–Crippen MR) is 84.1 cm³/mol. The highest BCUT2D eigenvalue weighted by atomic mass is 16.5. The van der Waals surface area contributed by atoms with Crippen molar-refractivity contribution in [3.05, 3.63) is 0 Å². The van der Waals surface area contributed by atoms with Gasteiger partial charge in [-0.25, -0.2) is 0 Å². The minimum Gasteiger partial charge on any atom is -0.466 e. The van der Waals surface area contributed by atoms with E-state index in [4.69, 9.17) is 23.7 Å². The van der Waals surface area contributed by atoms with Crippen molar-refractivity contribution in [2.45, 2.75) is 33.6 Å². The molecule has 0 saturated heterocycles. The van der Waals surface area contributed by atoms with E-state index in [1.165, 1.54) is 0 Å². The van der Waals surface area contributed by atoms with E-state index >= 15 is 0 Å². The van der Waals surface area contributed by atoms with Gasteiger partial charge in [0.1, 0.15) is 0 Å². The Bertz CT molecular complexity index is 304. The van der Waals surface area contributed by atoms with Crippen molar-refractivity contribution in [1.29, 1.82) is 0 Å². The van der Waals surface area contributed by atoms with E-state index in [9.17, 15) is 9.59 Å². The van der Waals surface area contributed by atoms with Crippen LogP contribution in [0.3, 0.4) is 0 Å². The monoisotopic (exact) mass is 334 g/mol. The summed E-state index contributed by atoms with van der Waals surface area (Å²) in [6, 6.07) is 0. The molecule has 0 fully saturated rings. The summed E-state index contributed by atoms with van der Waals surface area (Å²) in [6.45, 7) is 8.05. The van der Waals surface area contributed by atoms with Gasteiger partial charge in [0.05, 0.1) is 59.1 Å². The van der Waals surface area contributed by atoms with Gasteiger partial charge in [-0.05, 0) is 13.8 Å². The molecule has 0 heterocycles. The van der Waals surface area contributed by atoms with Crippen molar-refractivity contribution < 1.29 is 33.3 Å². The average Bonchev–Trinajstić information content (AvgIpc) is 2.49. The van der Waals surface area contributed by atoms with Crippen LogP contribution in [0.2, 0.25) is 0 Å². The van der Waals surface area contributed by atoms with E-state index in [0.29, 0.717) is 46.2 Å². The average molecular weight is 334 g/mol. The molecule has 23 heavy (non-hydrogen) atoms. The van der Waals surface area contributed by atoms with E-state index in [1.807, 2.05) is 6.92 Å². The highest BCUT2D eigenvalue weighted by Gasteiger charge is 2.25. The lowest BCUT2D eigenvalue weighted by Gasteiger charge is -2.28. The molecule has 0 aliphatic carbocycles. The third kappa shape index (κ3) is 12.0. The van der Waals surface area contributed by atoms with Gasteiger partial charge in [0.2, 0.25) is 0 Å². The number of esters is 2. The molecule has 0 N–H and O–H groups in total. The second-order valence-electron chi connectivity index (χ2n) is 5.46. The molecule has 0 unspecified atom stereocenters. The van der Waals surface area contributed by atoms with Crippen LogP contribution in [0.4, 0.5) is 0 Å². The number of carbonyl (C=O) groups is 2. The van der Waals surface area contributed by atoms with Gasteiger partial charge >= 0.3 is 11.9 Å². The summed E-state index contributed by atoms with van der Waals surface area (Å²) in [7, 11) is 1.61. The Morgan fingerprint density at radius 1 is 0.826 bits per heavy atom. The second kappa shape index (κ2) is 13.3. The molecule has 0 spiro atoms. The van der Waals surface area contributed by atoms with Crippen molar-refractivity contribution in [3.63, 3.8) is 0 Å². The van der Waals surface area contributed by atoms with E-state index in [1.54, 1.807) is 21.0 Å². The van der Waals surface area contributed by atoms with Gasteiger partial charge < -0.3 is 23.7 Å². The van der Waals surface area contributed by atoms with Gasteiger partial charge in [0, 0.05) is 12.5 Å². The normalized spacial score (nSPS) is 11.3. The summed E-state index contributed by atoms with van der Waals surface area (Å²) in [5.41, 5.74) is -0.349. The van der Waals surface area contributed by atoms with Gasteiger partial charge in [0.15, 0.2) is 0 Å². The molecule has 0 aliphatic rings. The zero-order chi connectivity index (χ0) is 17.6. The van der Waals surface area contributed by atoms with Crippen molar-refractivity contribution >= 4 is 11.9 Å². The Balaban J connectivity index is 3.99. The molecule has 0 bridgehead atoms. The lowest BCUT2D eigenvalue weighted by atomic mass is 9.94. The minimum absolute atomic E-state index is 0.223. The van der Waals surface area contributed by atoms with Gasteiger partial charge in [-0.15, -0.1) is 0 Å². The molecular weight excluding hydrogens is 304 g/mol. The van der Waals surface area contributed by atoms with Crippen LogP contribution < -0.4 is 0 Å². The number of hydrogen-bond donors (Lipinski definition) is 0. The van der Waals surface area contributed by atoms with Gasteiger partial charge in [-0.3, -0.25) is 9.59 Å². The summed E-state index contributed by atoms with van der Waals surface area (Å²) in [5.74, 6) is -0.543. The highest BCUT2D eigenvalue weighted by molar-refractivity contribution is 5.69. The number of ether oxygens (including phenoxy) is 5. The molecule has 0 amide bonds. The Morgan fingerprint density at radius 3 is 1.61 bits per heavy atom. The summed E-state index contributed by atoms with van der Waals surface area (Å²) >= 11 is 0. The third-order valence-electron chi connectivity index (χ3n) is 2.91. The van der Waals surface area contributed by atoms with Crippen LogP contribution in [0.1, 0.15) is 33.6 Å². The first kappa shape index (κ1) is 21.8. The smallest absolute Gasteiger partial charge is 0.308 e. The van der Waals surface area contributed by atoms with Crippen molar-refractivity contribution in [2.75, 3.05) is 53.4 Å². The quantitative estimate of drug-likeness (QED) is 0.352. The lowest BCUT2D eigenvalue weighted by Crippen LogP contribution is -2.34. The largest absolute Gasteiger partial charge is 0.466 e. The standard InChI is InChI=1S/C16H30O7/c1-5-22-14(17)7-9-20-12-16(3,11-19-4)13-21-10-8-15(18)23-6-2/h5-13H2,1-4H3. The van der Waals surface area contributed by atoms with Crippen LogP contribution in [0, 0.1) is 5.41 Å². The van der Waals surface area contributed by atoms with Crippen LogP contribution in [-0.4, -0.2) is 65.3 Å². The number of methoxy groups -OCH3 is 1. The number of hydrogen-bond acceptors (Lipinski definition) is 7. The molecule has 0 aromatic rings. The Labute approximate surface area is 138 Å². The molecule has 136 valence electrons. The summed E-state index contributed by atoms with van der Waals surface area (Å²) in [6.07, 6.45) is 0.446. The topological polar surface area (TPSA) is 80.3 Å². The minimum atomic E-state index is -0.349. The molecule has 0 radical (unpaired) electrons. The molecule has 0 atom stereocenters. The van der Waals surface area contributed by atoms with Crippen LogP contribution in [0.25, 0.3) is 0 Å². The van der Waals surface area contributed by atoms with E-state index in [-0.39, 0.29) is 30.2 Å². The fourth-order valence-corrected chi connectivity index (χ4v) is 1.89. The highest BCUT2D eigenvalue weighted by Crippen LogP contribution is 2.18. The number of rotatable bonds is 14. The van der Waals surface area contributed by atoms with Crippen molar-refractivity contribution in [1.82, 2.24) is 0 Å². The maximum absolute atomic E-state index is 11.2. The maximum atomic E-state index is 11.2. The van der Waals surface area contributed by atoms with Crippen LogP contribution >= 0.6 is 0 Å². The lowest BCUT2D eigenvalue weighted by molar-refractivity contribution is -0.145.